The number of amides is 1. The lowest BCUT2D eigenvalue weighted by molar-refractivity contribution is -0.885. The van der Waals surface area contributed by atoms with Crippen LogP contribution >= 0.6 is 23.2 Å². The van der Waals surface area contributed by atoms with E-state index in [2.05, 4.69) is 9.46 Å². The topological polar surface area (TPSA) is 117 Å². The summed E-state index contributed by atoms with van der Waals surface area (Å²) in [7, 11) is 0.732. The predicted molar refractivity (Wildman–Crippen MR) is 166 cm³/mol. The number of nitrogens with zero attached hydrogens (tertiary/aromatic N) is 2. The van der Waals surface area contributed by atoms with Gasteiger partial charge < -0.3 is 23.8 Å². The first-order chi connectivity index (χ1) is 21.8. The second-order valence-electron chi connectivity index (χ2n) is 10.7. The summed E-state index contributed by atoms with van der Waals surface area (Å²) >= 11 is 13.0. The van der Waals surface area contributed by atoms with Gasteiger partial charge in [-0.2, -0.15) is 8.78 Å². The summed E-state index contributed by atoms with van der Waals surface area (Å²) < 4.78 is 75.4. The molecule has 1 saturated carbocycles. The van der Waals surface area contributed by atoms with Crippen LogP contribution in [0.3, 0.4) is 0 Å². The molecule has 250 valence electrons. The fourth-order valence-electron chi connectivity index (χ4n) is 4.45. The van der Waals surface area contributed by atoms with E-state index >= 15 is 0 Å². The second kappa shape index (κ2) is 15.2. The average Bonchev–Trinajstić information content (AvgIpc) is 3.81. The molecule has 1 fully saturated rings. The zero-order valence-corrected chi connectivity index (χ0v) is 27.8. The lowest BCUT2D eigenvalue weighted by atomic mass is 10.0. The summed E-state index contributed by atoms with van der Waals surface area (Å²) in [5.74, 6) is 0.540. The van der Waals surface area contributed by atoms with Gasteiger partial charge in [0, 0.05) is 30.3 Å². The standard InChI is InChI=1S/C30H34Cl2F2N3O8S/c1-36(14-19-7-9-25(41-2)24(11-19)35-46(4,39)40)30(38)45-27(13-21-22(31)15-37(42-3)16-23(21)32)20-8-10-26(44-29(33)34)28(12-20)43-17-18-5-6-18/h7-12,15-16,18,27,29,35H,5-6,13-14,17H2,1-4H3/q+1/t27-/m0/s1. The minimum absolute atomic E-state index is 0.00385. The van der Waals surface area contributed by atoms with Crippen LogP contribution in [0.1, 0.15) is 35.6 Å². The van der Waals surface area contributed by atoms with Gasteiger partial charge in [-0.25, -0.2) is 13.2 Å². The summed E-state index contributed by atoms with van der Waals surface area (Å²) in [6.45, 7) is -2.72. The lowest BCUT2D eigenvalue weighted by Gasteiger charge is -2.25. The number of carbonyl (C=O) groups excluding carboxylic acids is 1. The highest BCUT2D eigenvalue weighted by Gasteiger charge is 2.28. The monoisotopic (exact) mass is 704 g/mol. The number of sulfonamides is 1. The van der Waals surface area contributed by atoms with E-state index in [0.717, 1.165) is 19.1 Å². The maximum absolute atomic E-state index is 13.5. The summed E-state index contributed by atoms with van der Waals surface area (Å²) in [6.07, 6.45) is 4.19. The lowest BCUT2D eigenvalue weighted by Crippen LogP contribution is -2.40. The van der Waals surface area contributed by atoms with E-state index in [1.807, 2.05) is 0 Å². The largest absolute Gasteiger partial charge is 0.495 e. The van der Waals surface area contributed by atoms with Crippen LogP contribution in [0.4, 0.5) is 19.3 Å². The Morgan fingerprint density at radius 2 is 1.74 bits per heavy atom. The van der Waals surface area contributed by atoms with Gasteiger partial charge in [0.2, 0.25) is 22.4 Å². The Balaban J connectivity index is 1.63. The van der Waals surface area contributed by atoms with Crippen LogP contribution in [0.25, 0.3) is 0 Å². The third-order valence-electron chi connectivity index (χ3n) is 6.92. The third-order valence-corrected chi connectivity index (χ3v) is 8.16. The quantitative estimate of drug-likeness (QED) is 0.202. The number of hydrogen-bond acceptors (Lipinski definition) is 8. The zero-order valence-electron chi connectivity index (χ0n) is 25.5. The van der Waals surface area contributed by atoms with Gasteiger partial charge in [-0.1, -0.05) is 35.3 Å². The van der Waals surface area contributed by atoms with Crippen LogP contribution in [0.5, 0.6) is 17.2 Å². The maximum Gasteiger partial charge on any atom is 0.410 e. The first-order valence-electron chi connectivity index (χ1n) is 14.0. The van der Waals surface area contributed by atoms with Gasteiger partial charge in [-0.3, -0.25) is 9.56 Å². The highest BCUT2D eigenvalue weighted by molar-refractivity contribution is 7.92. The molecule has 1 heterocycles. The molecule has 2 aromatic carbocycles. The van der Waals surface area contributed by atoms with Gasteiger partial charge in [-0.15, -0.1) is 0 Å². The third kappa shape index (κ3) is 9.87. The van der Waals surface area contributed by atoms with Crippen molar-refractivity contribution in [3.63, 3.8) is 0 Å². The summed E-state index contributed by atoms with van der Waals surface area (Å²) in [6, 6.07) is 9.10. The van der Waals surface area contributed by atoms with Crippen molar-refractivity contribution in [2.75, 3.05) is 38.9 Å². The van der Waals surface area contributed by atoms with Crippen molar-refractivity contribution in [3.05, 3.63) is 75.5 Å². The molecule has 1 aliphatic carbocycles. The minimum atomic E-state index is -3.61. The Hall–Kier alpha value is -3.75. The molecule has 1 aliphatic rings. The molecule has 0 spiro atoms. The van der Waals surface area contributed by atoms with Crippen molar-refractivity contribution in [1.82, 2.24) is 4.90 Å². The van der Waals surface area contributed by atoms with Gasteiger partial charge in [0.15, 0.2) is 11.5 Å². The Morgan fingerprint density at radius 1 is 1.07 bits per heavy atom. The smallest absolute Gasteiger partial charge is 0.410 e. The van der Waals surface area contributed by atoms with Crippen LogP contribution in [0.2, 0.25) is 10.0 Å². The molecule has 0 saturated heterocycles. The van der Waals surface area contributed by atoms with Gasteiger partial charge in [-0.05, 0) is 54.2 Å². The van der Waals surface area contributed by atoms with Crippen molar-refractivity contribution < 1.29 is 50.5 Å². The van der Waals surface area contributed by atoms with Crippen molar-refractivity contribution in [2.24, 2.45) is 5.92 Å². The van der Waals surface area contributed by atoms with E-state index in [9.17, 15) is 22.0 Å². The first-order valence-corrected chi connectivity index (χ1v) is 16.6. The molecule has 0 radical (unpaired) electrons. The fraction of sp³-hybridized carbons (Fsp3) is 0.400. The molecule has 1 amide bonds. The SMILES string of the molecule is COc1ccc(CN(C)C(=O)O[C@@H](Cc2c(Cl)c[n+](OC)cc2Cl)c2ccc(OC(F)F)c(OCC3CC3)c2)cc1NS(C)(=O)=O. The fourth-order valence-corrected chi connectivity index (χ4v) is 5.61. The summed E-state index contributed by atoms with van der Waals surface area (Å²) in [5.41, 5.74) is 1.63. The normalized spacial score (nSPS) is 13.6. The molecular formula is C30H34Cl2F2N3O8S+. The number of rotatable bonds is 15. The number of alkyl halides is 2. The number of ether oxygens (including phenoxy) is 4. The van der Waals surface area contributed by atoms with E-state index in [1.165, 1.54) is 61.5 Å². The molecule has 1 atom stereocenters. The van der Waals surface area contributed by atoms with E-state index in [1.54, 1.807) is 18.2 Å². The number of anilines is 1. The Morgan fingerprint density at radius 3 is 2.33 bits per heavy atom. The number of nitrogens with one attached hydrogen (secondary N) is 1. The van der Waals surface area contributed by atoms with Crippen LogP contribution in [0.15, 0.2) is 48.8 Å². The van der Waals surface area contributed by atoms with E-state index in [-0.39, 0.29) is 40.2 Å². The van der Waals surface area contributed by atoms with Crippen LogP contribution in [-0.4, -0.2) is 60.2 Å². The van der Waals surface area contributed by atoms with E-state index in [4.69, 9.17) is 42.3 Å². The molecule has 46 heavy (non-hydrogen) atoms. The number of carbonyl (C=O) groups is 1. The second-order valence-corrected chi connectivity index (χ2v) is 13.2. The average molecular weight is 706 g/mol. The Labute approximate surface area is 275 Å². The molecule has 0 aliphatic heterocycles. The molecule has 0 unspecified atom stereocenters. The van der Waals surface area contributed by atoms with Crippen LogP contribution < -0.4 is 28.5 Å². The number of aromatic nitrogens is 1. The molecule has 0 bridgehead atoms. The molecule has 1 N–H and O–H groups in total. The van der Waals surface area contributed by atoms with E-state index < -0.39 is 28.8 Å². The number of halogens is 4. The number of methoxy groups -OCH3 is 1. The van der Waals surface area contributed by atoms with Crippen molar-refractivity contribution in [3.8, 4) is 17.2 Å². The van der Waals surface area contributed by atoms with Gasteiger partial charge in [0.05, 0.1) is 25.7 Å². The highest BCUT2D eigenvalue weighted by Crippen LogP contribution is 2.38. The molecule has 3 aromatic rings. The molecular weight excluding hydrogens is 671 g/mol. The first kappa shape index (κ1) is 35.1. The maximum atomic E-state index is 13.5. The van der Waals surface area contributed by atoms with Crippen molar-refractivity contribution in [1.29, 1.82) is 0 Å². The molecule has 1 aromatic heterocycles. The van der Waals surface area contributed by atoms with Gasteiger partial charge in [0.25, 0.3) is 0 Å². The number of hydrogen-bond donors (Lipinski definition) is 1. The van der Waals surface area contributed by atoms with Gasteiger partial charge >= 0.3 is 12.7 Å². The number of pyridine rings is 1. The molecule has 11 nitrogen and oxygen atoms in total. The molecule has 4 rings (SSSR count). The summed E-state index contributed by atoms with van der Waals surface area (Å²) in [5, 5.41) is 0.464. The van der Waals surface area contributed by atoms with Crippen LogP contribution in [0, 0.1) is 5.92 Å². The highest BCUT2D eigenvalue weighted by atomic mass is 35.5. The summed E-state index contributed by atoms with van der Waals surface area (Å²) in [4.78, 5) is 19.9. The Kier molecular flexibility index (Phi) is 11.6. The minimum Gasteiger partial charge on any atom is -0.495 e. The Bertz CT molecular complexity index is 1640. The van der Waals surface area contributed by atoms with E-state index in [0.29, 0.717) is 35.0 Å². The van der Waals surface area contributed by atoms with Crippen molar-refractivity contribution in [2.45, 2.75) is 38.5 Å². The van der Waals surface area contributed by atoms with Crippen molar-refractivity contribution >= 4 is 45.0 Å². The van der Waals surface area contributed by atoms with Crippen LogP contribution in [-0.2, 0) is 27.7 Å². The van der Waals surface area contributed by atoms with Gasteiger partial charge in [0.1, 0.15) is 29.0 Å². The predicted octanol–water partition coefficient (Wildman–Crippen LogP) is 5.66. The zero-order chi connectivity index (χ0) is 33.6. The molecule has 16 heteroatoms. The number of benzene rings is 2.